The van der Waals surface area contributed by atoms with E-state index < -0.39 is 72.1 Å². The summed E-state index contributed by atoms with van der Waals surface area (Å²) in [6.45, 7) is 1.65. The summed E-state index contributed by atoms with van der Waals surface area (Å²) >= 11 is 0. The summed E-state index contributed by atoms with van der Waals surface area (Å²) in [4.78, 5) is 30.0. The molecule has 3 N–H and O–H groups in total. The number of halogens is 8. The molecule has 2 amide bonds. The maximum absolute atomic E-state index is 14.9. The van der Waals surface area contributed by atoms with Crippen LogP contribution in [0, 0.1) is 5.41 Å². The van der Waals surface area contributed by atoms with Gasteiger partial charge in [-0.2, -0.15) is 26.3 Å². The van der Waals surface area contributed by atoms with Gasteiger partial charge >= 0.3 is 12.4 Å². The molecule has 234 valence electrons. The van der Waals surface area contributed by atoms with Crippen molar-refractivity contribution < 1.29 is 49.4 Å². The Morgan fingerprint density at radius 2 is 1.74 bits per heavy atom. The van der Waals surface area contributed by atoms with Crippen LogP contribution < -0.4 is 20.7 Å². The van der Waals surface area contributed by atoms with Gasteiger partial charge in [-0.1, -0.05) is 12.1 Å². The van der Waals surface area contributed by atoms with E-state index in [1.807, 2.05) is 5.32 Å². The highest BCUT2D eigenvalue weighted by atomic mass is 19.4. The summed E-state index contributed by atoms with van der Waals surface area (Å²) in [6.07, 6.45) is -13.9. The van der Waals surface area contributed by atoms with Crippen molar-refractivity contribution in [3.8, 4) is 5.75 Å². The van der Waals surface area contributed by atoms with Crippen LogP contribution >= 0.6 is 0 Å². The number of nitrogens with zero attached hydrogens (tertiary/aromatic N) is 1. The number of carbonyl (C=O) groups is 2. The monoisotopic (exact) mass is 620 g/mol. The van der Waals surface area contributed by atoms with Crippen molar-refractivity contribution in [3.63, 3.8) is 0 Å². The lowest BCUT2D eigenvalue weighted by Crippen LogP contribution is -2.61. The molecule has 0 saturated carbocycles. The minimum atomic E-state index is -5.08. The minimum Gasteiger partial charge on any atom is -0.494 e. The zero-order valence-electron chi connectivity index (χ0n) is 22.8. The molecular formula is C28H28F8N4O3. The second-order valence-electron chi connectivity index (χ2n) is 10.7. The Balaban J connectivity index is 1.67. The summed E-state index contributed by atoms with van der Waals surface area (Å²) in [5.74, 6) is -1.55. The zero-order valence-corrected chi connectivity index (χ0v) is 22.8. The van der Waals surface area contributed by atoms with Gasteiger partial charge in [0.1, 0.15) is 5.75 Å². The number of pyridine rings is 1. The quantitative estimate of drug-likeness (QED) is 0.251. The van der Waals surface area contributed by atoms with Crippen molar-refractivity contribution in [1.29, 1.82) is 0 Å². The van der Waals surface area contributed by atoms with Crippen molar-refractivity contribution in [3.05, 3.63) is 65.0 Å². The number of nitrogens with one attached hydrogen (secondary N) is 3. The third-order valence-electron chi connectivity index (χ3n) is 7.46. The molecule has 4 rings (SSSR count). The fourth-order valence-electron chi connectivity index (χ4n) is 4.82. The first-order valence-corrected chi connectivity index (χ1v) is 13.2. The number of hydrogen-bond donors (Lipinski definition) is 3. The number of aromatic nitrogens is 1. The maximum atomic E-state index is 14.9. The lowest BCUT2D eigenvalue weighted by molar-refractivity contribution is -0.201. The lowest BCUT2D eigenvalue weighted by atomic mass is 9.77. The molecule has 2 aliphatic heterocycles. The first-order chi connectivity index (χ1) is 20.0. The van der Waals surface area contributed by atoms with Gasteiger partial charge in [0.15, 0.2) is 5.54 Å². The van der Waals surface area contributed by atoms with Gasteiger partial charge in [0, 0.05) is 49.8 Å². The molecule has 0 bridgehead atoms. The molecule has 0 aliphatic carbocycles. The molecule has 15 heteroatoms. The van der Waals surface area contributed by atoms with Crippen LogP contribution in [0.1, 0.15) is 49.4 Å². The maximum Gasteiger partial charge on any atom is 0.416 e. The van der Waals surface area contributed by atoms with E-state index in [4.69, 9.17) is 4.74 Å². The standard InChI is InChI=1S/C28H28F8N4O3/c1-25(14-37-15-25)24(42)39-13-20-19(21-8-3-16(12-38-21)22(29)30)11-26(28(34,35)36,40-23(20)41)17-4-6-18(7-5-17)43-10-2-9-27(31,32)33/h3-8,12,22,37H,2,9-11,13-15H2,1H3,(H,39,42)(H,40,41)/t26-/m0/s1. The van der Waals surface area contributed by atoms with Crippen LogP contribution in [0.5, 0.6) is 5.75 Å². The van der Waals surface area contributed by atoms with Crippen LogP contribution in [0.25, 0.3) is 5.57 Å². The van der Waals surface area contributed by atoms with Gasteiger partial charge in [0.2, 0.25) is 11.8 Å². The van der Waals surface area contributed by atoms with E-state index in [0.717, 1.165) is 42.6 Å². The lowest BCUT2D eigenvalue weighted by Gasteiger charge is -2.42. The van der Waals surface area contributed by atoms with Crippen LogP contribution in [0.15, 0.2) is 48.2 Å². The van der Waals surface area contributed by atoms with Crippen LogP contribution in [-0.4, -0.2) is 55.4 Å². The molecule has 2 aliphatic rings. The van der Waals surface area contributed by atoms with Gasteiger partial charge in [-0.3, -0.25) is 14.6 Å². The molecule has 1 fully saturated rings. The number of rotatable bonds is 10. The van der Waals surface area contributed by atoms with E-state index in [1.165, 1.54) is 0 Å². The van der Waals surface area contributed by atoms with Gasteiger partial charge in [-0.05, 0) is 48.7 Å². The fourth-order valence-corrected chi connectivity index (χ4v) is 4.82. The number of amides is 2. The number of alkyl halides is 8. The zero-order chi connectivity index (χ0) is 31.6. The molecule has 3 heterocycles. The van der Waals surface area contributed by atoms with Gasteiger partial charge in [-0.25, -0.2) is 8.78 Å². The van der Waals surface area contributed by atoms with Crippen LogP contribution in [0.3, 0.4) is 0 Å². The van der Waals surface area contributed by atoms with E-state index in [2.05, 4.69) is 15.6 Å². The highest BCUT2D eigenvalue weighted by molar-refractivity contribution is 6.04. The van der Waals surface area contributed by atoms with E-state index in [1.54, 1.807) is 6.92 Å². The van der Waals surface area contributed by atoms with E-state index in [-0.39, 0.29) is 35.6 Å². The van der Waals surface area contributed by atoms with Crippen molar-refractivity contribution in [2.45, 2.75) is 50.5 Å². The predicted octanol–water partition coefficient (Wildman–Crippen LogP) is 5.20. The molecular weight excluding hydrogens is 592 g/mol. The first-order valence-electron chi connectivity index (χ1n) is 13.2. The number of ether oxygens (including phenoxy) is 1. The Labute approximate surface area is 241 Å². The Hall–Kier alpha value is -3.75. The number of hydrogen-bond acceptors (Lipinski definition) is 5. The molecule has 0 radical (unpaired) electrons. The molecule has 1 atom stereocenters. The average molecular weight is 621 g/mol. The van der Waals surface area contributed by atoms with E-state index in [9.17, 15) is 44.7 Å². The van der Waals surface area contributed by atoms with Gasteiger partial charge < -0.3 is 20.7 Å². The van der Waals surface area contributed by atoms with Crippen molar-refractivity contribution >= 4 is 17.4 Å². The summed E-state index contributed by atoms with van der Waals surface area (Å²) in [5.41, 5.74) is -5.22. The van der Waals surface area contributed by atoms with Gasteiger partial charge in [0.05, 0.1) is 17.7 Å². The molecule has 1 aromatic heterocycles. The molecule has 1 aromatic carbocycles. The first kappa shape index (κ1) is 32.2. The summed E-state index contributed by atoms with van der Waals surface area (Å²) in [7, 11) is 0. The molecule has 43 heavy (non-hydrogen) atoms. The molecule has 0 unspecified atom stereocenters. The topological polar surface area (TPSA) is 92.3 Å². The molecule has 2 aromatic rings. The average Bonchev–Trinajstić information content (AvgIpc) is 2.92. The second-order valence-corrected chi connectivity index (χ2v) is 10.7. The highest BCUT2D eigenvalue weighted by Crippen LogP contribution is 2.48. The van der Waals surface area contributed by atoms with Crippen molar-refractivity contribution in [2.24, 2.45) is 5.41 Å². The van der Waals surface area contributed by atoms with E-state index in [0.29, 0.717) is 13.1 Å². The summed E-state index contributed by atoms with van der Waals surface area (Å²) in [6, 6.07) is 6.44. The van der Waals surface area contributed by atoms with E-state index >= 15 is 0 Å². The summed E-state index contributed by atoms with van der Waals surface area (Å²) in [5, 5.41) is 7.58. The number of benzene rings is 1. The molecule has 1 saturated heterocycles. The Kier molecular flexibility index (Phi) is 9.05. The van der Waals surface area contributed by atoms with Crippen LogP contribution in [0.4, 0.5) is 35.1 Å². The Morgan fingerprint density at radius 3 is 2.26 bits per heavy atom. The van der Waals surface area contributed by atoms with Crippen molar-refractivity contribution in [1.82, 2.24) is 20.9 Å². The van der Waals surface area contributed by atoms with Crippen LogP contribution in [-0.2, 0) is 15.1 Å². The summed E-state index contributed by atoms with van der Waals surface area (Å²) < 4.78 is 113. The smallest absolute Gasteiger partial charge is 0.416 e. The van der Waals surface area contributed by atoms with Crippen LogP contribution in [0.2, 0.25) is 0 Å². The second kappa shape index (κ2) is 12.1. The van der Waals surface area contributed by atoms with Gasteiger partial charge in [-0.15, -0.1) is 0 Å². The number of carbonyl (C=O) groups excluding carboxylic acids is 2. The molecule has 7 nitrogen and oxygen atoms in total. The third-order valence-corrected chi connectivity index (χ3v) is 7.46. The Bertz CT molecular complexity index is 1350. The third kappa shape index (κ3) is 7.08. The van der Waals surface area contributed by atoms with Gasteiger partial charge in [0.25, 0.3) is 6.43 Å². The fraction of sp³-hybridized carbons (Fsp3) is 0.464. The minimum absolute atomic E-state index is 0.0211. The van der Waals surface area contributed by atoms with Crippen molar-refractivity contribution in [2.75, 3.05) is 26.2 Å². The molecule has 0 spiro atoms. The normalized spacial score (nSPS) is 20.5. The largest absolute Gasteiger partial charge is 0.494 e. The highest BCUT2D eigenvalue weighted by Gasteiger charge is 2.59. The predicted molar refractivity (Wildman–Crippen MR) is 138 cm³/mol. The Morgan fingerprint density at radius 1 is 1.07 bits per heavy atom. The SMILES string of the molecule is CC1(C(=O)NCC2=C(c3ccc(C(F)F)cn3)C[C@](c3ccc(OCCCC(F)(F)F)cc3)(C(F)(F)F)NC2=O)CNC1.